The summed E-state index contributed by atoms with van der Waals surface area (Å²) in [4.78, 5) is 13.6. The Kier molecular flexibility index (Phi) is 6.02. The summed E-state index contributed by atoms with van der Waals surface area (Å²) in [5.74, 6) is -0.193. The summed E-state index contributed by atoms with van der Waals surface area (Å²) in [5, 5.41) is 0. The molecule has 2 rings (SSSR count). The van der Waals surface area contributed by atoms with Gasteiger partial charge < -0.3 is 9.47 Å². The Morgan fingerprint density at radius 2 is 2.20 bits per heavy atom. The Labute approximate surface area is 120 Å². The number of hydrogen-bond donors (Lipinski definition) is 0. The van der Waals surface area contributed by atoms with Gasteiger partial charge >= 0.3 is 5.97 Å². The summed E-state index contributed by atoms with van der Waals surface area (Å²) in [6.45, 7) is 3.53. The van der Waals surface area contributed by atoms with E-state index in [-0.39, 0.29) is 12.1 Å². The van der Waals surface area contributed by atoms with Gasteiger partial charge in [0.15, 0.2) is 0 Å². The van der Waals surface area contributed by atoms with Crippen LogP contribution >= 0.6 is 0 Å². The van der Waals surface area contributed by atoms with Crippen molar-refractivity contribution >= 4 is 5.97 Å². The minimum atomic E-state index is -0.193. The maximum absolute atomic E-state index is 11.3. The van der Waals surface area contributed by atoms with Crippen LogP contribution in [-0.4, -0.2) is 50.3 Å². The van der Waals surface area contributed by atoms with Crippen LogP contribution in [0.5, 0.6) is 0 Å². The van der Waals surface area contributed by atoms with Crippen LogP contribution < -0.4 is 0 Å². The van der Waals surface area contributed by atoms with Crippen LogP contribution in [0.2, 0.25) is 0 Å². The smallest absolute Gasteiger partial charge is 0.308 e. The number of aryl methyl sites for hydroxylation is 1. The normalized spacial score (nSPS) is 19.8. The molecular weight excluding hydrogens is 254 g/mol. The first-order valence-electron chi connectivity index (χ1n) is 7.22. The molecule has 4 nitrogen and oxygen atoms in total. The molecule has 0 aliphatic carbocycles. The number of esters is 1. The molecule has 0 bridgehead atoms. The second-order valence-electron chi connectivity index (χ2n) is 5.16. The number of hydrogen-bond acceptors (Lipinski definition) is 4. The van der Waals surface area contributed by atoms with E-state index in [0.29, 0.717) is 13.0 Å². The van der Waals surface area contributed by atoms with Crippen molar-refractivity contribution < 1.29 is 14.3 Å². The molecule has 1 saturated heterocycles. The minimum absolute atomic E-state index is 0.0204. The van der Waals surface area contributed by atoms with Crippen LogP contribution in [0.1, 0.15) is 18.4 Å². The number of morpholine rings is 1. The van der Waals surface area contributed by atoms with Gasteiger partial charge in [-0.25, -0.2) is 0 Å². The highest BCUT2D eigenvalue weighted by atomic mass is 16.5. The van der Waals surface area contributed by atoms with Gasteiger partial charge in [0.05, 0.1) is 26.2 Å². The van der Waals surface area contributed by atoms with Crippen molar-refractivity contribution in [2.75, 3.05) is 33.4 Å². The molecule has 1 heterocycles. The highest BCUT2D eigenvalue weighted by Gasteiger charge is 2.22. The van der Waals surface area contributed by atoms with E-state index in [0.717, 1.165) is 32.5 Å². The lowest BCUT2D eigenvalue weighted by Crippen LogP contribution is -2.43. The van der Waals surface area contributed by atoms with Gasteiger partial charge in [-0.15, -0.1) is 0 Å². The van der Waals surface area contributed by atoms with Crippen molar-refractivity contribution in [2.24, 2.45) is 0 Å². The predicted molar refractivity (Wildman–Crippen MR) is 77.6 cm³/mol. The first-order valence-corrected chi connectivity index (χ1v) is 7.22. The first kappa shape index (κ1) is 15.0. The van der Waals surface area contributed by atoms with Crippen LogP contribution in [0.25, 0.3) is 0 Å². The Hall–Kier alpha value is -1.39. The van der Waals surface area contributed by atoms with Gasteiger partial charge in [0.2, 0.25) is 0 Å². The van der Waals surface area contributed by atoms with Crippen molar-refractivity contribution in [1.29, 1.82) is 0 Å². The molecule has 4 heteroatoms. The molecular formula is C16H23NO3. The second-order valence-corrected chi connectivity index (χ2v) is 5.16. The van der Waals surface area contributed by atoms with E-state index in [1.165, 1.54) is 12.7 Å². The van der Waals surface area contributed by atoms with E-state index >= 15 is 0 Å². The van der Waals surface area contributed by atoms with Crippen LogP contribution in [0.4, 0.5) is 0 Å². The van der Waals surface area contributed by atoms with E-state index in [1.54, 1.807) is 0 Å². The van der Waals surface area contributed by atoms with Gasteiger partial charge in [-0.1, -0.05) is 30.3 Å². The zero-order valence-corrected chi connectivity index (χ0v) is 12.1. The van der Waals surface area contributed by atoms with E-state index in [4.69, 9.17) is 4.74 Å². The second kappa shape index (κ2) is 8.02. The maximum atomic E-state index is 11.3. The molecule has 0 N–H and O–H groups in total. The number of ether oxygens (including phenoxy) is 2. The van der Waals surface area contributed by atoms with Crippen molar-refractivity contribution in [3.05, 3.63) is 35.9 Å². The number of nitrogens with zero attached hydrogens (tertiary/aromatic N) is 1. The lowest BCUT2D eigenvalue weighted by molar-refractivity contribution is -0.145. The molecule has 0 spiro atoms. The Morgan fingerprint density at radius 3 is 2.95 bits per heavy atom. The molecule has 1 aliphatic rings. The van der Waals surface area contributed by atoms with Gasteiger partial charge in [0.1, 0.15) is 0 Å². The molecule has 0 amide bonds. The van der Waals surface area contributed by atoms with Gasteiger partial charge in [0.25, 0.3) is 0 Å². The number of benzene rings is 1. The largest absolute Gasteiger partial charge is 0.469 e. The first-order chi connectivity index (χ1) is 9.78. The fourth-order valence-corrected chi connectivity index (χ4v) is 2.53. The maximum Gasteiger partial charge on any atom is 0.308 e. The quantitative estimate of drug-likeness (QED) is 0.744. The summed E-state index contributed by atoms with van der Waals surface area (Å²) in [6.07, 6.45) is 2.56. The summed E-state index contributed by atoms with van der Waals surface area (Å²) >= 11 is 0. The predicted octanol–water partition coefficient (Wildman–Crippen LogP) is 1.88. The van der Waals surface area contributed by atoms with E-state index < -0.39 is 0 Å². The molecule has 0 radical (unpaired) electrons. The fourth-order valence-electron chi connectivity index (χ4n) is 2.53. The summed E-state index contributed by atoms with van der Waals surface area (Å²) in [7, 11) is 1.42. The minimum Gasteiger partial charge on any atom is -0.469 e. The Balaban J connectivity index is 1.69. The van der Waals surface area contributed by atoms with Crippen molar-refractivity contribution in [1.82, 2.24) is 4.90 Å². The third-order valence-electron chi connectivity index (χ3n) is 3.63. The molecule has 1 fully saturated rings. The van der Waals surface area contributed by atoms with E-state index in [1.807, 2.05) is 6.07 Å². The Morgan fingerprint density at radius 1 is 1.40 bits per heavy atom. The van der Waals surface area contributed by atoms with Gasteiger partial charge in [-0.3, -0.25) is 9.69 Å². The number of rotatable bonds is 6. The molecule has 1 aliphatic heterocycles. The van der Waals surface area contributed by atoms with E-state index in [9.17, 15) is 4.79 Å². The topological polar surface area (TPSA) is 38.8 Å². The van der Waals surface area contributed by atoms with Crippen LogP contribution in [0, 0.1) is 0 Å². The molecule has 0 saturated carbocycles. The molecule has 0 aromatic heterocycles. The van der Waals surface area contributed by atoms with E-state index in [2.05, 4.69) is 33.9 Å². The molecule has 1 aromatic carbocycles. The third kappa shape index (κ3) is 4.94. The highest BCUT2D eigenvalue weighted by Crippen LogP contribution is 2.11. The van der Waals surface area contributed by atoms with Gasteiger partial charge in [-0.05, 0) is 24.9 Å². The summed E-state index contributed by atoms with van der Waals surface area (Å²) in [6, 6.07) is 10.5. The molecule has 1 atom stereocenters. The van der Waals surface area contributed by atoms with Crippen LogP contribution in [0.15, 0.2) is 30.3 Å². The van der Waals surface area contributed by atoms with Crippen LogP contribution in [0.3, 0.4) is 0 Å². The standard InChI is InChI=1S/C16H23NO3/c1-19-16(18)12-15-13-17(10-11-20-15)9-5-8-14-6-3-2-4-7-14/h2-4,6-7,15H,5,8-13H2,1H3. The molecule has 1 unspecified atom stereocenters. The SMILES string of the molecule is COC(=O)CC1CN(CCCc2ccccc2)CCO1. The number of carbonyl (C=O) groups excluding carboxylic acids is 1. The van der Waals surface area contributed by atoms with Crippen LogP contribution in [-0.2, 0) is 20.7 Å². The zero-order valence-electron chi connectivity index (χ0n) is 12.1. The van der Waals surface area contributed by atoms with Gasteiger partial charge in [0, 0.05) is 13.1 Å². The zero-order chi connectivity index (χ0) is 14.2. The molecule has 1 aromatic rings. The summed E-state index contributed by atoms with van der Waals surface area (Å²) in [5.41, 5.74) is 1.38. The molecule has 20 heavy (non-hydrogen) atoms. The summed E-state index contributed by atoms with van der Waals surface area (Å²) < 4.78 is 10.3. The average molecular weight is 277 g/mol. The third-order valence-corrected chi connectivity index (χ3v) is 3.63. The van der Waals surface area contributed by atoms with Crippen molar-refractivity contribution in [3.8, 4) is 0 Å². The fraction of sp³-hybridized carbons (Fsp3) is 0.562. The molecule has 110 valence electrons. The van der Waals surface area contributed by atoms with Crippen molar-refractivity contribution in [2.45, 2.75) is 25.4 Å². The van der Waals surface area contributed by atoms with Gasteiger partial charge in [-0.2, -0.15) is 0 Å². The monoisotopic (exact) mass is 277 g/mol. The highest BCUT2D eigenvalue weighted by molar-refractivity contribution is 5.69. The lowest BCUT2D eigenvalue weighted by Gasteiger charge is -2.32. The number of carbonyl (C=O) groups is 1. The van der Waals surface area contributed by atoms with Crippen molar-refractivity contribution in [3.63, 3.8) is 0 Å². The number of methoxy groups -OCH3 is 1. The Bertz CT molecular complexity index is 407. The average Bonchev–Trinajstić information content (AvgIpc) is 2.48. The lowest BCUT2D eigenvalue weighted by atomic mass is 10.1.